The number of halogens is 1. The molecule has 0 saturated carbocycles. The minimum absolute atomic E-state index is 0.147. The van der Waals surface area contributed by atoms with Gasteiger partial charge in [0, 0.05) is 18.1 Å². The van der Waals surface area contributed by atoms with Gasteiger partial charge in [0.2, 0.25) is 0 Å². The lowest BCUT2D eigenvalue weighted by Gasteiger charge is -2.21. The van der Waals surface area contributed by atoms with E-state index in [2.05, 4.69) is 0 Å². The van der Waals surface area contributed by atoms with E-state index in [4.69, 9.17) is 16.3 Å². The lowest BCUT2D eigenvalue weighted by molar-refractivity contribution is -0.00634. The molecule has 0 spiro atoms. The maximum atomic E-state index is 9.82. The van der Waals surface area contributed by atoms with Crippen LogP contribution in [0.5, 0.6) is 0 Å². The van der Waals surface area contributed by atoms with Crippen molar-refractivity contribution in [1.82, 2.24) is 4.90 Å². The molecule has 0 aromatic heterocycles. The second kappa shape index (κ2) is 7.74. The highest BCUT2D eigenvalue weighted by atomic mass is 35.5. The molecule has 18 heavy (non-hydrogen) atoms. The van der Waals surface area contributed by atoms with Crippen LogP contribution in [0.1, 0.15) is 19.4 Å². The Morgan fingerprint density at radius 1 is 1.33 bits per heavy atom. The first-order valence-electron chi connectivity index (χ1n) is 6.20. The maximum Gasteiger partial charge on any atom is 0.0900 e. The van der Waals surface area contributed by atoms with Crippen molar-refractivity contribution in [2.24, 2.45) is 0 Å². The summed E-state index contributed by atoms with van der Waals surface area (Å²) in [6.45, 7) is 5.57. The van der Waals surface area contributed by atoms with Gasteiger partial charge in [-0.2, -0.15) is 0 Å². The molecule has 1 N–H and O–H groups in total. The van der Waals surface area contributed by atoms with Crippen LogP contribution < -0.4 is 0 Å². The van der Waals surface area contributed by atoms with Gasteiger partial charge in [0.05, 0.1) is 18.8 Å². The Morgan fingerprint density at radius 2 is 2.00 bits per heavy atom. The second-order valence-electron chi connectivity index (χ2n) is 4.82. The summed E-state index contributed by atoms with van der Waals surface area (Å²) in [5.74, 6) is 0. The Labute approximate surface area is 114 Å². The average Bonchev–Trinajstić information content (AvgIpc) is 2.29. The number of hydrogen-bond donors (Lipinski definition) is 1. The Bertz CT molecular complexity index is 357. The van der Waals surface area contributed by atoms with E-state index < -0.39 is 6.10 Å². The minimum atomic E-state index is -0.472. The van der Waals surface area contributed by atoms with Crippen molar-refractivity contribution in [3.8, 4) is 0 Å². The van der Waals surface area contributed by atoms with Crippen LogP contribution >= 0.6 is 11.6 Å². The number of aliphatic hydroxyl groups excluding tert-OH is 1. The van der Waals surface area contributed by atoms with E-state index in [0.29, 0.717) is 13.2 Å². The van der Waals surface area contributed by atoms with Gasteiger partial charge < -0.3 is 9.84 Å². The molecule has 102 valence electrons. The first-order valence-corrected chi connectivity index (χ1v) is 6.58. The molecule has 0 amide bonds. The predicted molar refractivity (Wildman–Crippen MR) is 74.9 cm³/mol. The third-order valence-corrected chi connectivity index (χ3v) is 2.91. The van der Waals surface area contributed by atoms with E-state index in [1.165, 1.54) is 0 Å². The average molecular weight is 272 g/mol. The summed E-state index contributed by atoms with van der Waals surface area (Å²) in [4.78, 5) is 2.04. The lowest BCUT2D eigenvalue weighted by atomic mass is 10.2. The van der Waals surface area contributed by atoms with Crippen molar-refractivity contribution in [3.63, 3.8) is 0 Å². The zero-order valence-corrected chi connectivity index (χ0v) is 12.0. The van der Waals surface area contributed by atoms with E-state index in [1.54, 1.807) is 0 Å². The molecule has 1 rings (SSSR count). The van der Waals surface area contributed by atoms with Crippen LogP contribution in [0.15, 0.2) is 24.3 Å². The van der Waals surface area contributed by atoms with Crippen molar-refractivity contribution in [2.45, 2.75) is 32.6 Å². The Hall–Kier alpha value is -0.610. The molecule has 0 radical (unpaired) electrons. The van der Waals surface area contributed by atoms with E-state index in [-0.39, 0.29) is 6.10 Å². The number of benzene rings is 1. The summed E-state index contributed by atoms with van der Waals surface area (Å²) < 4.78 is 5.38. The van der Waals surface area contributed by atoms with Crippen LogP contribution in [-0.2, 0) is 11.3 Å². The Kier molecular flexibility index (Phi) is 6.65. The summed E-state index contributed by atoms with van der Waals surface area (Å²) >= 11 is 6.09. The number of nitrogens with zero attached hydrogens (tertiary/aromatic N) is 1. The number of likely N-dealkylation sites (N-methyl/N-ethyl adjacent to an activating group) is 1. The Morgan fingerprint density at radius 3 is 2.61 bits per heavy atom. The number of hydrogen-bond acceptors (Lipinski definition) is 3. The highest BCUT2D eigenvalue weighted by Gasteiger charge is 2.10. The van der Waals surface area contributed by atoms with Crippen LogP contribution in [0.2, 0.25) is 5.02 Å². The van der Waals surface area contributed by atoms with E-state index >= 15 is 0 Å². The molecule has 0 heterocycles. The minimum Gasteiger partial charge on any atom is -0.389 e. The molecule has 0 saturated heterocycles. The quantitative estimate of drug-likeness (QED) is 0.827. The molecule has 0 fully saturated rings. The summed E-state index contributed by atoms with van der Waals surface area (Å²) in [6, 6.07) is 7.75. The summed E-state index contributed by atoms with van der Waals surface area (Å²) in [6.07, 6.45) is -0.326. The third-order valence-electron chi connectivity index (χ3n) is 2.54. The fraction of sp³-hybridized carbons (Fsp3) is 0.571. The van der Waals surface area contributed by atoms with Crippen LogP contribution in [0.3, 0.4) is 0 Å². The van der Waals surface area contributed by atoms with Crippen molar-refractivity contribution >= 4 is 11.6 Å². The second-order valence-corrected chi connectivity index (χ2v) is 5.23. The van der Waals surface area contributed by atoms with Crippen LogP contribution in [0.4, 0.5) is 0 Å². The summed E-state index contributed by atoms with van der Waals surface area (Å²) in [7, 11) is 1.96. The third kappa shape index (κ3) is 5.83. The standard InChI is InChI=1S/C14H22ClNO2/c1-11(2)18-10-13(17)9-16(3)8-12-6-4-5-7-14(12)15/h4-7,11,13,17H,8-10H2,1-3H3/t13-/m0/s1. The van der Waals surface area contributed by atoms with Crippen LogP contribution in [0, 0.1) is 0 Å². The van der Waals surface area contributed by atoms with Gasteiger partial charge in [0.1, 0.15) is 0 Å². The number of ether oxygens (including phenoxy) is 1. The monoisotopic (exact) mass is 271 g/mol. The fourth-order valence-electron chi connectivity index (χ4n) is 1.70. The highest BCUT2D eigenvalue weighted by Crippen LogP contribution is 2.16. The molecule has 0 aliphatic heterocycles. The molecule has 0 aliphatic carbocycles. The van der Waals surface area contributed by atoms with Gasteiger partial charge in [-0.05, 0) is 32.5 Å². The van der Waals surface area contributed by atoms with Gasteiger partial charge in [-0.1, -0.05) is 29.8 Å². The largest absolute Gasteiger partial charge is 0.389 e. The molecule has 4 heteroatoms. The van der Waals surface area contributed by atoms with E-state index in [9.17, 15) is 5.11 Å². The van der Waals surface area contributed by atoms with Crippen LogP contribution in [-0.4, -0.2) is 42.4 Å². The normalized spacial score (nSPS) is 13.3. The summed E-state index contributed by atoms with van der Waals surface area (Å²) in [5, 5.41) is 10.6. The first kappa shape index (κ1) is 15.4. The highest BCUT2D eigenvalue weighted by molar-refractivity contribution is 6.31. The molecule has 1 aromatic rings. The van der Waals surface area contributed by atoms with Gasteiger partial charge in [-0.3, -0.25) is 4.90 Å². The first-order chi connectivity index (χ1) is 8.49. The van der Waals surface area contributed by atoms with Gasteiger partial charge in [-0.25, -0.2) is 0 Å². The summed E-state index contributed by atoms with van der Waals surface area (Å²) in [5.41, 5.74) is 1.07. The van der Waals surface area contributed by atoms with Gasteiger partial charge in [0.25, 0.3) is 0 Å². The zero-order valence-electron chi connectivity index (χ0n) is 11.3. The van der Waals surface area contributed by atoms with Crippen molar-refractivity contribution in [3.05, 3.63) is 34.9 Å². The molecule has 0 aliphatic rings. The van der Waals surface area contributed by atoms with Gasteiger partial charge in [0.15, 0.2) is 0 Å². The molecule has 3 nitrogen and oxygen atoms in total. The van der Waals surface area contributed by atoms with Crippen molar-refractivity contribution < 1.29 is 9.84 Å². The molecule has 1 aromatic carbocycles. The molecular weight excluding hydrogens is 250 g/mol. The lowest BCUT2D eigenvalue weighted by Crippen LogP contribution is -2.32. The van der Waals surface area contributed by atoms with E-state index in [0.717, 1.165) is 17.1 Å². The predicted octanol–water partition coefficient (Wildman–Crippen LogP) is 2.56. The Balaban J connectivity index is 2.37. The number of aliphatic hydroxyl groups is 1. The topological polar surface area (TPSA) is 32.7 Å². The molecular formula is C14H22ClNO2. The maximum absolute atomic E-state index is 9.82. The van der Waals surface area contributed by atoms with Gasteiger partial charge >= 0.3 is 0 Å². The molecule has 0 bridgehead atoms. The molecule has 1 atom stereocenters. The number of rotatable bonds is 7. The fourth-order valence-corrected chi connectivity index (χ4v) is 1.89. The van der Waals surface area contributed by atoms with Crippen molar-refractivity contribution in [1.29, 1.82) is 0 Å². The van der Waals surface area contributed by atoms with Crippen molar-refractivity contribution in [2.75, 3.05) is 20.2 Å². The zero-order chi connectivity index (χ0) is 13.5. The SMILES string of the molecule is CC(C)OC[C@@H](O)CN(C)Cc1ccccc1Cl. The van der Waals surface area contributed by atoms with Crippen LogP contribution in [0.25, 0.3) is 0 Å². The van der Waals surface area contributed by atoms with Gasteiger partial charge in [-0.15, -0.1) is 0 Å². The molecule has 0 unspecified atom stereocenters. The smallest absolute Gasteiger partial charge is 0.0900 e. The van der Waals surface area contributed by atoms with E-state index in [1.807, 2.05) is 50.1 Å².